The first kappa shape index (κ1) is 18.3. The summed E-state index contributed by atoms with van der Waals surface area (Å²) >= 11 is 0. The van der Waals surface area contributed by atoms with Gasteiger partial charge in [0.05, 0.1) is 0 Å². The van der Waals surface area contributed by atoms with Gasteiger partial charge in [-0.05, 0) is 61.9 Å². The van der Waals surface area contributed by atoms with Crippen molar-refractivity contribution in [3.8, 4) is 0 Å². The molecule has 4 nitrogen and oxygen atoms in total. The van der Waals surface area contributed by atoms with E-state index < -0.39 is 0 Å². The van der Waals surface area contributed by atoms with Gasteiger partial charge in [-0.1, -0.05) is 12.1 Å². The van der Waals surface area contributed by atoms with Crippen molar-refractivity contribution in [2.45, 2.75) is 39.2 Å². The van der Waals surface area contributed by atoms with Gasteiger partial charge in [0.25, 0.3) is 0 Å². The Morgan fingerprint density at radius 3 is 2.72 bits per heavy atom. The van der Waals surface area contributed by atoms with E-state index >= 15 is 0 Å². The Morgan fingerprint density at radius 1 is 1.28 bits per heavy atom. The maximum atomic E-state index is 13.4. The van der Waals surface area contributed by atoms with Crippen molar-refractivity contribution >= 4 is 5.91 Å². The van der Waals surface area contributed by atoms with Gasteiger partial charge in [0.15, 0.2) is 0 Å². The van der Waals surface area contributed by atoms with E-state index in [1.54, 1.807) is 13.2 Å². The molecule has 3 rings (SSSR count). The van der Waals surface area contributed by atoms with E-state index in [-0.39, 0.29) is 11.2 Å². The van der Waals surface area contributed by atoms with Gasteiger partial charge >= 0.3 is 0 Å². The fraction of sp³-hybridized carbons (Fsp3) is 0.650. The minimum atomic E-state index is -0.139. The first-order chi connectivity index (χ1) is 12.0. The zero-order chi connectivity index (χ0) is 17.9. The standard InChI is InChI=1S/C20H29FN2O2/c1-16-12-17(4-5-18(16)21)14-22-9-6-20(7-10-22)13-19(24)23(15-20)8-3-11-25-2/h4-5,12H,3,6-11,13-15H2,1-2H3. The summed E-state index contributed by atoms with van der Waals surface area (Å²) in [5, 5.41) is 0. The molecule has 0 aromatic heterocycles. The van der Waals surface area contributed by atoms with Crippen molar-refractivity contribution in [2.75, 3.05) is 39.9 Å². The summed E-state index contributed by atoms with van der Waals surface area (Å²) in [5.74, 6) is 0.165. The fourth-order valence-corrected chi connectivity index (χ4v) is 4.17. The molecule has 5 heteroatoms. The van der Waals surface area contributed by atoms with E-state index in [2.05, 4.69) is 4.90 Å². The van der Waals surface area contributed by atoms with Crippen LogP contribution in [0.15, 0.2) is 18.2 Å². The van der Waals surface area contributed by atoms with E-state index in [1.165, 1.54) is 5.56 Å². The van der Waals surface area contributed by atoms with E-state index in [9.17, 15) is 9.18 Å². The molecule has 0 unspecified atom stereocenters. The smallest absolute Gasteiger partial charge is 0.223 e. The van der Waals surface area contributed by atoms with Gasteiger partial charge in [-0.25, -0.2) is 4.39 Å². The second kappa shape index (κ2) is 7.83. The summed E-state index contributed by atoms with van der Waals surface area (Å²) in [7, 11) is 1.70. The molecule has 1 amide bonds. The van der Waals surface area contributed by atoms with Crippen LogP contribution in [0.1, 0.15) is 36.8 Å². The van der Waals surface area contributed by atoms with E-state index in [0.717, 1.165) is 52.0 Å². The van der Waals surface area contributed by atoms with Crippen molar-refractivity contribution in [1.82, 2.24) is 9.80 Å². The predicted octanol–water partition coefficient (Wildman–Crippen LogP) is 2.99. The summed E-state index contributed by atoms with van der Waals surface area (Å²) in [6, 6.07) is 5.38. The average Bonchev–Trinajstić information content (AvgIpc) is 2.89. The van der Waals surface area contributed by atoms with Gasteiger partial charge in [-0.15, -0.1) is 0 Å². The number of rotatable bonds is 6. The van der Waals surface area contributed by atoms with Crippen LogP contribution in [0.25, 0.3) is 0 Å². The maximum Gasteiger partial charge on any atom is 0.223 e. The number of amides is 1. The third kappa shape index (κ3) is 4.39. The van der Waals surface area contributed by atoms with Crippen LogP contribution in [0.2, 0.25) is 0 Å². The van der Waals surface area contributed by atoms with Crippen LogP contribution in [0.5, 0.6) is 0 Å². The highest BCUT2D eigenvalue weighted by molar-refractivity contribution is 5.79. The number of likely N-dealkylation sites (tertiary alicyclic amines) is 2. The van der Waals surface area contributed by atoms with Crippen LogP contribution in [0.3, 0.4) is 0 Å². The van der Waals surface area contributed by atoms with Crippen LogP contribution in [-0.2, 0) is 16.1 Å². The molecule has 25 heavy (non-hydrogen) atoms. The van der Waals surface area contributed by atoms with Gasteiger partial charge in [0.2, 0.25) is 5.91 Å². The first-order valence-electron chi connectivity index (χ1n) is 9.25. The fourth-order valence-electron chi connectivity index (χ4n) is 4.17. The lowest BCUT2D eigenvalue weighted by Gasteiger charge is -2.39. The molecule has 1 aromatic rings. The van der Waals surface area contributed by atoms with Crippen LogP contribution < -0.4 is 0 Å². The third-order valence-electron chi connectivity index (χ3n) is 5.73. The largest absolute Gasteiger partial charge is 0.385 e. The van der Waals surface area contributed by atoms with Crippen LogP contribution >= 0.6 is 0 Å². The van der Waals surface area contributed by atoms with Gasteiger partial charge in [-0.3, -0.25) is 9.69 Å². The van der Waals surface area contributed by atoms with Crippen LogP contribution in [-0.4, -0.2) is 55.6 Å². The summed E-state index contributed by atoms with van der Waals surface area (Å²) in [5.41, 5.74) is 2.04. The van der Waals surface area contributed by atoms with Gasteiger partial charge in [0, 0.05) is 39.8 Å². The van der Waals surface area contributed by atoms with Gasteiger partial charge in [-0.2, -0.15) is 0 Å². The summed E-state index contributed by atoms with van der Waals surface area (Å²) in [4.78, 5) is 16.8. The normalized spacial score (nSPS) is 20.6. The van der Waals surface area contributed by atoms with E-state index in [1.807, 2.05) is 24.0 Å². The molecule has 0 aliphatic carbocycles. The molecule has 0 atom stereocenters. The number of halogens is 1. The number of aryl methyl sites for hydroxylation is 1. The quantitative estimate of drug-likeness (QED) is 0.741. The number of carbonyl (C=O) groups excluding carboxylic acids is 1. The van der Waals surface area contributed by atoms with Crippen LogP contribution in [0.4, 0.5) is 4.39 Å². The molecule has 0 bridgehead atoms. The molecule has 2 saturated heterocycles. The Balaban J connectivity index is 1.51. The molecule has 138 valence electrons. The monoisotopic (exact) mass is 348 g/mol. The van der Waals surface area contributed by atoms with Crippen molar-refractivity contribution in [3.05, 3.63) is 35.1 Å². The summed E-state index contributed by atoms with van der Waals surface area (Å²) < 4.78 is 18.5. The molecule has 0 saturated carbocycles. The first-order valence-corrected chi connectivity index (χ1v) is 9.25. The van der Waals surface area contributed by atoms with E-state index in [0.29, 0.717) is 24.5 Å². The molecule has 2 aliphatic rings. The van der Waals surface area contributed by atoms with Crippen LogP contribution in [0, 0.1) is 18.2 Å². The Labute approximate surface area is 149 Å². The summed E-state index contributed by atoms with van der Waals surface area (Å²) in [6.07, 6.45) is 3.75. The Bertz CT molecular complexity index is 612. The molecule has 0 radical (unpaired) electrons. The Kier molecular flexibility index (Phi) is 5.74. The number of benzene rings is 1. The molecular formula is C20H29FN2O2. The zero-order valence-electron chi connectivity index (χ0n) is 15.4. The Hall–Kier alpha value is -1.46. The predicted molar refractivity (Wildman–Crippen MR) is 95.8 cm³/mol. The highest BCUT2D eigenvalue weighted by Gasteiger charge is 2.44. The zero-order valence-corrected chi connectivity index (χ0v) is 15.4. The number of carbonyl (C=O) groups is 1. The molecule has 2 aliphatic heterocycles. The molecule has 2 heterocycles. The highest BCUT2D eigenvalue weighted by Crippen LogP contribution is 2.41. The summed E-state index contributed by atoms with van der Waals surface area (Å²) in [6.45, 7) is 7.12. The Morgan fingerprint density at radius 2 is 2.04 bits per heavy atom. The molecular weight excluding hydrogens is 319 g/mol. The highest BCUT2D eigenvalue weighted by atomic mass is 19.1. The van der Waals surface area contributed by atoms with Crippen molar-refractivity contribution in [3.63, 3.8) is 0 Å². The lowest BCUT2D eigenvalue weighted by Crippen LogP contribution is -2.41. The van der Waals surface area contributed by atoms with Crippen molar-refractivity contribution < 1.29 is 13.9 Å². The van der Waals surface area contributed by atoms with Gasteiger partial charge in [0.1, 0.15) is 5.82 Å². The molecule has 0 N–H and O–H groups in total. The number of ether oxygens (including phenoxy) is 1. The topological polar surface area (TPSA) is 32.8 Å². The number of piperidine rings is 1. The molecule has 1 spiro atoms. The van der Waals surface area contributed by atoms with E-state index in [4.69, 9.17) is 4.74 Å². The second-order valence-corrected chi connectivity index (χ2v) is 7.70. The number of hydrogen-bond donors (Lipinski definition) is 0. The van der Waals surface area contributed by atoms with Gasteiger partial charge < -0.3 is 9.64 Å². The third-order valence-corrected chi connectivity index (χ3v) is 5.73. The molecule has 2 fully saturated rings. The number of nitrogens with zero attached hydrogens (tertiary/aromatic N) is 2. The van der Waals surface area contributed by atoms with Crippen molar-refractivity contribution in [1.29, 1.82) is 0 Å². The SMILES string of the molecule is COCCCN1CC2(CCN(Cc3ccc(F)c(C)c3)CC2)CC1=O. The lowest BCUT2D eigenvalue weighted by molar-refractivity contribution is -0.128. The minimum Gasteiger partial charge on any atom is -0.385 e. The second-order valence-electron chi connectivity index (χ2n) is 7.70. The maximum absolute atomic E-state index is 13.4. The molecule has 1 aromatic carbocycles. The average molecular weight is 348 g/mol. The lowest BCUT2D eigenvalue weighted by atomic mass is 9.77. The number of hydrogen-bond acceptors (Lipinski definition) is 3. The minimum absolute atomic E-state index is 0.139. The van der Waals surface area contributed by atoms with Crippen molar-refractivity contribution in [2.24, 2.45) is 5.41 Å². The number of methoxy groups -OCH3 is 1.